The van der Waals surface area contributed by atoms with E-state index in [9.17, 15) is 14.4 Å². The number of ether oxygens (including phenoxy) is 1. The third-order valence-electron chi connectivity index (χ3n) is 6.22. The van der Waals surface area contributed by atoms with Crippen molar-refractivity contribution in [1.29, 1.82) is 0 Å². The summed E-state index contributed by atoms with van der Waals surface area (Å²) in [6.45, 7) is 15.0. The zero-order chi connectivity index (χ0) is 29.3. The smallest absolute Gasteiger partial charge is 0.412 e. The molecule has 0 aliphatic carbocycles. The lowest BCUT2D eigenvalue weighted by Crippen LogP contribution is -2.49. The molecule has 3 N–H and O–H groups in total. The highest BCUT2D eigenvalue weighted by Gasteiger charge is 2.20. The van der Waals surface area contributed by atoms with Crippen molar-refractivity contribution in [2.24, 2.45) is 0 Å². The maximum Gasteiger partial charge on any atom is 0.412 e. The van der Waals surface area contributed by atoms with Crippen LogP contribution in [0.15, 0.2) is 42.6 Å². The number of para-hydroxylation sites is 2. The summed E-state index contributed by atoms with van der Waals surface area (Å²) in [6, 6.07) is 10.2. The van der Waals surface area contributed by atoms with Gasteiger partial charge in [0.2, 0.25) is 0 Å². The summed E-state index contributed by atoms with van der Waals surface area (Å²) < 4.78 is 5.31. The molecule has 11 nitrogen and oxygen atoms in total. The lowest BCUT2D eigenvalue weighted by molar-refractivity contribution is 0.0635. The second-order valence-corrected chi connectivity index (χ2v) is 11.3. The largest absolute Gasteiger partial charge is 0.444 e. The van der Waals surface area contributed by atoms with E-state index in [4.69, 9.17) is 4.74 Å². The molecule has 0 saturated carbocycles. The molecule has 0 unspecified atom stereocenters. The Bertz CT molecular complexity index is 1140. The van der Waals surface area contributed by atoms with Gasteiger partial charge in [0.05, 0.1) is 11.4 Å². The quantitative estimate of drug-likeness (QED) is 0.432. The molecule has 2 aromatic rings. The summed E-state index contributed by atoms with van der Waals surface area (Å²) in [7, 11) is 2.12. The summed E-state index contributed by atoms with van der Waals surface area (Å²) in [6.07, 6.45) is 1.00. The maximum atomic E-state index is 12.9. The molecule has 218 valence electrons. The van der Waals surface area contributed by atoms with Crippen LogP contribution in [0.1, 0.15) is 50.7 Å². The molecule has 0 radical (unpaired) electrons. The molecule has 0 spiro atoms. The Balaban J connectivity index is 1.63. The maximum absolute atomic E-state index is 12.9. The first-order valence-corrected chi connectivity index (χ1v) is 13.7. The van der Waals surface area contributed by atoms with E-state index < -0.39 is 17.6 Å². The predicted octanol–water partition coefficient (Wildman–Crippen LogP) is 3.85. The third-order valence-corrected chi connectivity index (χ3v) is 6.22. The number of piperazine rings is 1. The number of pyridine rings is 1. The van der Waals surface area contributed by atoms with Crippen molar-refractivity contribution in [3.63, 3.8) is 0 Å². The third kappa shape index (κ3) is 10.1. The summed E-state index contributed by atoms with van der Waals surface area (Å²) in [4.78, 5) is 48.9. The lowest BCUT2D eigenvalue weighted by atomic mass is 10.2. The van der Waals surface area contributed by atoms with E-state index in [1.54, 1.807) is 68.3 Å². The van der Waals surface area contributed by atoms with Gasteiger partial charge in [0.25, 0.3) is 5.91 Å². The van der Waals surface area contributed by atoms with E-state index in [0.29, 0.717) is 24.5 Å². The van der Waals surface area contributed by atoms with Crippen LogP contribution in [0.25, 0.3) is 0 Å². The van der Waals surface area contributed by atoms with Gasteiger partial charge in [-0.15, -0.1) is 0 Å². The van der Waals surface area contributed by atoms with E-state index in [2.05, 4.69) is 37.8 Å². The van der Waals surface area contributed by atoms with Crippen LogP contribution in [0.4, 0.5) is 21.0 Å². The average Bonchev–Trinajstić information content (AvgIpc) is 2.87. The molecule has 2 heterocycles. The van der Waals surface area contributed by atoms with Crippen LogP contribution in [-0.4, -0.2) is 95.7 Å². The van der Waals surface area contributed by atoms with Crippen molar-refractivity contribution >= 4 is 29.4 Å². The molecular weight excluding hydrogens is 510 g/mol. The van der Waals surface area contributed by atoms with Gasteiger partial charge in [0.1, 0.15) is 11.3 Å². The number of rotatable bonds is 9. The van der Waals surface area contributed by atoms with Gasteiger partial charge in [-0.3, -0.25) is 20.0 Å². The number of carbonyl (C=O) groups excluding carboxylic acids is 3. The Labute approximate surface area is 237 Å². The molecule has 1 aromatic heterocycles. The fourth-order valence-electron chi connectivity index (χ4n) is 4.10. The van der Waals surface area contributed by atoms with Gasteiger partial charge in [-0.05, 0) is 65.4 Å². The van der Waals surface area contributed by atoms with Crippen LogP contribution < -0.4 is 16.0 Å². The zero-order valence-electron chi connectivity index (χ0n) is 24.5. The average molecular weight is 554 g/mol. The van der Waals surface area contributed by atoms with Crippen LogP contribution in [0.2, 0.25) is 0 Å². The fraction of sp³-hybridized carbons (Fsp3) is 0.517. The summed E-state index contributed by atoms with van der Waals surface area (Å²) in [5.41, 5.74) is 1.22. The number of nitrogens with zero attached hydrogens (tertiary/aromatic N) is 4. The molecule has 1 saturated heterocycles. The topological polar surface area (TPSA) is 119 Å². The van der Waals surface area contributed by atoms with Crippen molar-refractivity contribution in [3.05, 3.63) is 53.9 Å². The summed E-state index contributed by atoms with van der Waals surface area (Å²) >= 11 is 0. The Morgan fingerprint density at radius 3 is 2.23 bits per heavy atom. The SMILES string of the molecule is CC(C)NC(=O)N(CCN1CCN(C)CC1)Cc1ccc(C(=O)Nc2ccccc2NC(=O)OC(C)(C)C)nc1. The minimum absolute atomic E-state index is 0.0236. The van der Waals surface area contributed by atoms with E-state index in [-0.39, 0.29) is 17.8 Å². The van der Waals surface area contributed by atoms with Crippen molar-refractivity contribution < 1.29 is 19.1 Å². The first kappa shape index (κ1) is 30.8. The molecule has 1 aromatic carbocycles. The van der Waals surface area contributed by atoms with Crippen LogP contribution in [0.5, 0.6) is 0 Å². The molecule has 1 aliphatic heterocycles. The molecule has 0 bridgehead atoms. The van der Waals surface area contributed by atoms with Gasteiger partial charge >= 0.3 is 12.1 Å². The van der Waals surface area contributed by atoms with Crippen LogP contribution >= 0.6 is 0 Å². The molecule has 40 heavy (non-hydrogen) atoms. The fourth-order valence-corrected chi connectivity index (χ4v) is 4.10. The lowest BCUT2D eigenvalue weighted by Gasteiger charge is -2.34. The molecular formula is C29H43N7O4. The Hall–Kier alpha value is -3.70. The van der Waals surface area contributed by atoms with Gasteiger partial charge < -0.3 is 25.2 Å². The molecule has 1 fully saturated rings. The van der Waals surface area contributed by atoms with Crippen LogP contribution in [-0.2, 0) is 11.3 Å². The number of nitrogens with one attached hydrogen (secondary N) is 3. The first-order chi connectivity index (χ1) is 18.9. The number of likely N-dealkylation sites (N-methyl/N-ethyl adjacent to an activating group) is 1. The molecule has 1 aliphatic rings. The number of hydrogen-bond acceptors (Lipinski definition) is 7. The van der Waals surface area contributed by atoms with E-state index in [1.165, 1.54) is 0 Å². The number of urea groups is 1. The van der Waals surface area contributed by atoms with Gasteiger partial charge in [0.15, 0.2) is 0 Å². The van der Waals surface area contributed by atoms with E-state index in [0.717, 1.165) is 38.3 Å². The Morgan fingerprint density at radius 1 is 1.00 bits per heavy atom. The zero-order valence-corrected chi connectivity index (χ0v) is 24.5. The monoisotopic (exact) mass is 553 g/mol. The minimum atomic E-state index is -0.649. The highest BCUT2D eigenvalue weighted by atomic mass is 16.6. The molecule has 11 heteroatoms. The highest BCUT2D eigenvalue weighted by Crippen LogP contribution is 2.23. The van der Waals surface area contributed by atoms with Gasteiger partial charge in [-0.2, -0.15) is 0 Å². The van der Waals surface area contributed by atoms with Crippen molar-refractivity contribution in [1.82, 2.24) is 25.0 Å². The van der Waals surface area contributed by atoms with Gasteiger partial charge in [0, 0.05) is 58.1 Å². The molecule has 3 rings (SSSR count). The van der Waals surface area contributed by atoms with Crippen molar-refractivity contribution in [2.45, 2.75) is 52.8 Å². The van der Waals surface area contributed by atoms with Crippen LogP contribution in [0, 0.1) is 0 Å². The molecule has 4 amide bonds. The number of carbonyl (C=O) groups is 3. The second-order valence-electron chi connectivity index (χ2n) is 11.3. The van der Waals surface area contributed by atoms with E-state index >= 15 is 0 Å². The number of amides is 4. The van der Waals surface area contributed by atoms with Gasteiger partial charge in [-0.25, -0.2) is 9.59 Å². The number of anilines is 2. The predicted molar refractivity (Wildman–Crippen MR) is 157 cm³/mol. The van der Waals surface area contributed by atoms with Gasteiger partial charge in [-0.1, -0.05) is 18.2 Å². The van der Waals surface area contributed by atoms with E-state index in [1.807, 2.05) is 13.8 Å². The molecule has 0 atom stereocenters. The Kier molecular flexibility index (Phi) is 10.9. The minimum Gasteiger partial charge on any atom is -0.444 e. The van der Waals surface area contributed by atoms with Crippen molar-refractivity contribution in [2.75, 3.05) is 56.9 Å². The normalized spacial score (nSPS) is 14.5. The highest BCUT2D eigenvalue weighted by molar-refractivity contribution is 6.05. The van der Waals surface area contributed by atoms with Crippen molar-refractivity contribution in [3.8, 4) is 0 Å². The summed E-state index contributed by atoms with van der Waals surface area (Å²) in [5, 5.41) is 8.45. The number of benzene rings is 1. The number of hydrogen-bond donors (Lipinski definition) is 3. The first-order valence-electron chi connectivity index (χ1n) is 13.7. The Morgan fingerprint density at radius 2 is 1.65 bits per heavy atom. The second kappa shape index (κ2) is 14.1. The standard InChI is InChI=1S/C29H43N7O4/c1-21(2)31-27(38)36(18-17-35-15-13-34(6)14-16-35)20-22-11-12-25(30-19-22)26(37)32-23-9-7-8-10-24(23)33-28(39)40-29(3,4)5/h7-12,19,21H,13-18,20H2,1-6H3,(H,31,38)(H,32,37)(H,33,39). The number of aromatic nitrogens is 1. The van der Waals surface area contributed by atoms with Crippen LogP contribution in [0.3, 0.4) is 0 Å². The summed E-state index contributed by atoms with van der Waals surface area (Å²) in [5.74, 6) is -0.422.